The summed E-state index contributed by atoms with van der Waals surface area (Å²) in [7, 11) is 1.51. The van der Waals surface area contributed by atoms with Crippen LogP contribution < -0.4 is 14.2 Å². The molecule has 124 valence electrons. The Bertz CT molecular complexity index is 769. The molecule has 1 unspecified atom stereocenters. The van der Waals surface area contributed by atoms with Gasteiger partial charge >= 0.3 is 0 Å². The number of carbonyl (C=O) groups excluding carboxylic acids is 1. The Kier molecular flexibility index (Phi) is 3.81. The van der Waals surface area contributed by atoms with E-state index < -0.39 is 5.24 Å². The zero-order valence-electron chi connectivity index (χ0n) is 13.1. The molecular formula is C18H16ClNO4. The highest BCUT2D eigenvalue weighted by Gasteiger charge is 2.29. The Morgan fingerprint density at radius 1 is 1.33 bits per heavy atom. The molecule has 2 heterocycles. The fourth-order valence-corrected chi connectivity index (χ4v) is 2.91. The number of rotatable bonds is 4. The summed E-state index contributed by atoms with van der Waals surface area (Å²) in [4.78, 5) is 15.9. The van der Waals surface area contributed by atoms with Crippen molar-refractivity contribution < 1.29 is 19.0 Å². The van der Waals surface area contributed by atoms with Crippen molar-refractivity contribution in [3.05, 3.63) is 47.3 Å². The molecular weight excluding hydrogens is 330 g/mol. The average Bonchev–Trinajstić information content (AvgIpc) is 3.45. The molecule has 0 radical (unpaired) electrons. The van der Waals surface area contributed by atoms with Gasteiger partial charge in [-0.3, -0.25) is 9.78 Å². The van der Waals surface area contributed by atoms with Crippen LogP contribution >= 0.6 is 11.6 Å². The number of halogens is 1. The highest BCUT2D eigenvalue weighted by Crippen LogP contribution is 2.45. The minimum absolute atomic E-state index is 0.273. The number of aromatic nitrogens is 1. The summed E-state index contributed by atoms with van der Waals surface area (Å²) in [5.41, 5.74) is 2.40. The second kappa shape index (κ2) is 5.98. The lowest BCUT2D eigenvalue weighted by Gasteiger charge is -2.28. The molecule has 6 heteroatoms. The van der Waals surface area contributed by atoms with Gasteiger partial charge in [-0.25, -0.2) is 0 Å². The summed E-state index contributed by atoms with van der Waals surface area (Å²) < 4.78 is 17.1. The van der Waals surface area contributed by atoms with E-state index in [1.807, 2.05) is 12.3 Å². The number of hydrogen-bond acceptors (Lipinski definition) is 5. The Morgan fingerprint density at radius 3 is 2.79 bits per heavy atom. The summed E-state index contributed by atoms with van der Waals surface area (Å²) in [6.45, 7) is 0.334. The van der Waals surface area contributed by atoms with Crippen LogP contribution in [0.4, 0.5) is 0 Å². The second-order valence-corrected chi connectivity index (χ2v) is 6.33. The van der Waals surface area contributed by atoms with Crippen molar-refractivity contribution in [3.8, 4) is 17.2 Å². The molecule has 24 heavy (non-hydrogen) atoms. The lowest BCUT2D eigenvalue weighted by molar-refractivity contribution is 0.0865. The summed E-state index contributed by atoms with van der Waals surface area (Å²) in [5, 5.41) is -0.568. The van der Waals surface area contributed by atoms with Gasteiger partial charge < -0.3 is 14.2 Å². The van der Waals surface area contributed by atoms with Gasteiger partial charge in [0.2, 0.25) is 5.75 Å². The largest absolute Gasteiger partial charge is 0.493 e. The van der Waals surface area contributed by atoms with Gasteiger partial charge in [0.05, 0.1) is 7.11 Å². The molecule has 2 aromatic rings. The quantitative estimate of drug-likeness (QED) is 0.787. The van der Waals surface area contributed by atoms with Gasteiger partial charge in [0.1, 0.15) is 6.61 Å². The molecule has 0 N–H and O–H groups in total. The van der Waals surface area contributed by atoms with Crippen LogP contribution in [0.15, 0.2) is 30.5 Å². The third-order valence-corrected chi connectivity index (χ3v) is 4.51. The van der Waals surface area contributed by atoms with Crippen molar-refractivity contribution in [1.82, 2.24) is 4.98 Å². The summed E-state index contributed by atoms with van der Waals surface area (Å²) in [6.07, 6.45) is 4.02. The van der Waals surface area contributed by atoms with Crippen LogP contribution in [-0.4, -0.2) is 23.9 Å². The van der Waals surface area contributed by atoms with Crippen LogP contribution in [0.1, 0.15) is 46.5 Å². The fraction of sp³-hybridized carbons (Fsp3) is 0.333. The van der Waals surface area contributed by atoms with Crippen LogP contribution in [0.5, 0.6) is 17.2 Å². The van der Waals surface area contributed by atoms with Gasteiger partial charge in [-0.15, -0.1) is 0 Å². The molecule has 2 aliphatic rings. The van der Waals surface area contributed by atoms with E-state index in [9.17, 15) is 4.79 Å². The SMILES string of the molecule is COc1cc(C(=O)Cl)cc2c1OC(c1ccc(C3CC3)nc1)CO2. The van der Waals surface area contributed by atoms with E-state index in [-0.39, 0.29) is 6.10 Å². The highest BCUT2D eigenvalue weighted by atomic mass is 35.5. The number of methoxy groups -OCH3 is 1. The summed E-state index contributed by atoms with van der Waals surface area (Å²) in [6, 6.07) is 7.20. The first kappa shape index (κ1) is 15.3. The molecule has 0 amide bonds. The third kappa shape index (κ3) is 2.80. The second-order valence-electron chi connectivity index (χ2n) is 5.99. The maximum Gasteiger partial charge on any atom is 0.252 e. The van der Waals surface area contributed by atoms with Crippen LogP contribution in [0, 0.1) is 0 Å². The van der Waals surface area contributed by atoms with E-state index in [0.29, 0.717) is 35.3 Å². The van der Waals surface area contributed by atoms with Gasteiger partial charge in [-0.05, 0) is 42.6 Å². The van der Waals surface area contributed by atoms with Gasteiger partial charge in [0, 0.05) is 28.9 Å². The minimum Gasteiger partial charge on any atom is -0.493 e. The molecule has 1 aromatic carbocycles. The Balaban J connectivity index is 1.61. The van der Waals surface area contributed by atoms with Gasteiger partial charge in [0.15, 0.2) is 17.6 Å². The van der Waals surface area contributed by atoms with Crippen molar-refractivity contribution in [2.24, 2.45) is 0 Å². The fourth-order valence-electron chi connectivity index (χ4n) is 2.80. The summed E-state index contributed by atoms with van der Waals surface area (Å²) >= 11 is 5.55. The van der Waals surface area contributed by atoms with Crippen LogP contribution in [0.3, 0.4) is 0 Å². The number of pyridine rings is 1. The van der Waals surface area contributed by atoms with E-state index >= 15 is 0 Å². The Labute approximate surface area is 144 Å². The van der Waals surface area contributed by atoms with E-state index in [4.69, 9.17) is 25.8 Å². The van der Waals surface area contributed by atoms with Crippen LogP contribution in [0.25, 0.3) is 0 Å². The van der Waals surface area contributed by atoms with Crippen LogP contribution in [-0.2, 0) is 0 Å². The number of nitrogens with zero attached hydrogens (tertiary/aromatic N) is 1. The maximum atomic E-state index is 11.4. The molecule has 1 aliphatic heterocycles. The molecule has 0 bridgehead atoms. The molecule has 0 spiro atoms. The topological polar surface area (TPSA) is 57.7 Å². The van der Waals surface area contributed by atoms with Crippen molar-refractivity contribution in [3.63, 3.8) is 0 Å². The van der Waals surface area contributed by atoms with Crippen molar-refractivity contribution in [1.29, 1.82) is 0 Å². The Morgan fingerprint density at radius 2 is 2.17 bits per heavy atom. The van der Waals surface area contributed by atoms with Crippen molar-refractivity contribution in [2.75, 3.05) is 13.7 Å². The number of benzene rings is 1. The monoisotopic (exact) mass is 345 g/mol. The van der Waals surface area contributed by atoms with E-state index in [1.165, 1.54) is 20.0 Å². The van der Waals surface area contributed by atoms with Gasteiger partial charge in [-0.2, -0.15) is 0 Å². The predicted molar refractivity (Wildman–Crippen MR) is 88.3 cm³/mol. The molecule has 0 saturated heterocycles. The standard InChI is InChI=1S/C18H16ClNO4/c1-22-14-6-12(18(19)21)7-15-17(14)24-16(9-23-15)11-4-5-13(20-8-11)10-2-3-10/h4-8,10,16H,2-3,9H2,1H3. The maximum absolute atomic E-state index is 11.4. The van der Waals surface area contributed by atoms with Gasteiger partial charge in [0.25, 0.3) is 5.24 Å². The smallest absolute Gasteiger partial charge is 0.252 e. The highest BCUT2D eigenvalue weighted by molar-refractivity contribution is 6.67. The van der Waals surface area contributed by atoms with Crippen LogP contribution in [0.2, 0.25) is 0 Å². The summed E-state index contributed by atoms with van der Waals surface area (Å²) in [5.74, 6) is 1.97. The van der Waals surface area contributed by atoms with E-state index in [1.54, 1.807) is 12.1 Å². The minimum atomic E-state index is -0.568. The lowest BCUT2D eigenvalue weighted by atomic mass is 10.1. The first-order chi connectivity index (χ1) is 11.7. The van der Waals surface area contributed by atoms with E-state index in [0.717, 1.165) is 11.3 Å². The first-order valence-electron chi connectivity index (χ1n) is 7.83. The zero-order valence-corrected chi connectivity index (χ0v) is 13.9. The van der Waals surface area contributed by atoms with E-state index in [2.05, 4.69) is 11.1 Å². The molecule has 1 saturated carbocycles. The zero-order chi connectivity index (χ0) is 16.7. The molecule has 5 nitrogen and oxygen atoms in total. The van der Waals surface area contributed by atoms with Gasteiger partial charge in [-0.1, -0.05) is 6.07 Å². The Hall–Kier alpha value is -2.27. The number of hydrogen-bond donors (Lipinski definition) is 0. The normalized spacial score (nSPS) is 19.0. The first-order valence-corrected chi connectivity index (χ1v) is 8.20. The molecule has 1 aromatic heterocycles. The number of ether oxygens (including phenoxy) is 3. The predicted octanol–water partition coefficient (Wildman–Crippen LogP) is 3.86. The lowest BCUT2D eigenvalue weighted by Crippen LogP contribution is -2.22. The molecule has 1 fully saturated rings. The number of fused-ring (bicyclic) bond motifs is 1. The van der Waals surface area contributed by atoms with Crippen molar-refractivity contribution in [2.45, 2.75) is 24.9 Å². The molecule has 4 rings (SSSR count). The third-order valence-electron chi connectivity index (χ3n) is 4.29. The molecule has 1 aliphatic carbocycles. The molecule has 1 atom stereocenters. The van der Waals surface area contributed by atoms with Crippen molar-refractivity contribution >= 4 is 16.8 Å². The average molecular weight is 346 g/mol. The number of carbonyl (C=O) groups is 1.